The molecule has 1 aromatic carbocycles. The van der Waals surface area contributed by atoms with E-state index in [4.69, 9.17) is 0 Å². The van der Waals surface area contributed by atoms with Gasteiger partial charge in [0.05, 0.1) is 23.3 Å². The summed E-state index contributed by atoms with van der Waals surface area (Å²) >= 11 is 0. The van der Waals surface area contributed by atoms with Crippen molar-refractivity contribution in [3.8, 4) is 11.8 Å². The van der Waals surface area contributed by atoms with Crippen LogP contribution in [0, 0.1) is 11.3 Å². The molecule has 1 amide bonds. The largest absolute Gasteiger partial charge is 0.435 e. The molecule has 0 aliphatic heterocycles. The lowest BCUT2D eigenvalue weighted by atomic mass is 10.1. The Bertz CT molecular complexity index is 857. The number of pyridine rings is 1. The minimum atomic E-state index is -2.96. The highest BCUT2D eigenvalue weighted by Gasteiger charge is 2.19. The summed E-state index contributed by atoms with van der Waals surface area (Å²) in [6.45, 7) is 2.62. The predicted molar refractivity (Wildman–Crippen MR) is 94.3 cm³/mol. The maximum absolute atomic E-state index is 12.5. The molecule has 2 aromatic rings. The quantitative estimate of drug-likeness (QED) is 0.884. The number of nitriles is 1. The summed E-state index contributed by atoms with van der Waals surface area (Å²) in [5, 5.41) is 12.7. The lowest BCUT2D eigenvalue weighted by Crippen LogP contribution is -2.45. The Kier molecular flexibility index (Phi) is 5.60. The highest BCUT2D eigenvalue weighted by Crippen LogP contribution is 2.31. The summed E-state index contributed by atoms with van der Waals surface area (Å²) in [5.41, 5.74) is 0.775. The molecule has 1 heterocycles. The van der Waals surface area contributed by atoms with Gasteiger partial charge in [0.15, 0.2) is 0 Å². The van der Waals surface area contributed by atoms with E-state index in [-0.39, 0.29) is 23.8 Å². The second-order valence-corrected chi connectivity index (χ2v) is 6.84. The molecule has 8 heteroatoms. The van der Waals surface area contributed by atoms with Crippen molar-refractivity contribution in [2.24, 2.45) is 0 Å². The highest BCUT2D eigenvalue weighted by atomic mass is 19.3. The fraction of sp³-hybridized carbons (Fsp3) is 0.389. The van der Waals surface area contributed by atoms with Crippen molar-refractivity contribution in [1.29, 1.82) is 5.26 Å². The number of alkyl halides is 2. The zero-order valence-corrected chi connectivity index (χ0v) is 15.0. The van der Waals surface area contributed by atoms with E-state index in [1.807, 2.05) is 26.8 Å². The van der Waals surface area contributed by atoms with Crippen molar-refractivity contribution in [3.05, 3.63) is 30.0 Å². The lowest BCUT2D eigenvalue weighted by Gasteiger charge is -2.25. The van der Waals surface area contributed by atoms with Crippen LogP contribution in [-0.2, 0) is 4.79 Å². The van der Waals surface area contributed by atoms with Crippen LogP contribution < -0.4 is 15.0 Å². The Morgan fingerprint density at radius 3 is 2.69 bits per heavy atom. The molecule has 1 N–H and O–H groups in total. The van der Waals surface area contributed by atoms with Crippen LogP contribution in [0.2, 0.25) is 0 Å². The molecule has 0 aliphatic rings. The van der Waals surface area contributed by atoms with E-state index >= 15 is 0 Å². The van der Waals surface area contributed by atoms with Crippen LogP contribution >= 0.6 is 0 Å². The van der Waals surface area contributed by atoms with Gasteiger partial charge < -0.3 is 15.0 Å². The number of hydrogen-bond donors (Lipinski definition) is 1. The van der Waals surface area contributed by atoms with Crippen LogP contribution in [0.25, 0.3) is 10.9 Å². The zero-order valence-electron chi connectivity index (χ0n) is 15.0. The monoisotopic (exact) mass is 362 g/mol. The summed E-state index contributed by atoms with van der Waals surface area (Å²) in [4.78, 5) is 18.0. The molecular formula is C18H20F2N4O2. The molecule has 138 valence electrons. The SMILES string of the molecule is CN(CC(=O)NC(C)(C)C)c1c(C#N)cnc2ccc(OC(F)F)cc12. The molecule has 26 heavy (non-hydrogen) atoms. The fourth-order valence-corrected chi connectivity index (χ4v) is 2.58. The third kappa shape index (κ3) is 4.79. The van der Waals surface area contributed by atoms with Gasteiger partial charge >= 0.3 is 6.61 Å². The predicted octanol–water partition coefficient (Wildman–Crippen LogP) is 3.06. The van der Waals surface area contributed by atoms with Crippen molar-refractivity contribution in [2.45, 2.75) is 32.9 Å². The number of halogens is 2. The molecule has 0 saturated heterocycles. The average molecular weight is 362 g/mol. The molecule has 1 aromatic heterocycles. The third-order valence-corrected chi connectivity index (χ3v) is 3.43. The molecular weight excluding hydrogens is 342 g/mol. The Balaban J connectivity index is 2.45. The number of ether oxygens (including phenoxy) is 1. The van der Waals surface area contributed by atoms with Gasteiger partial charge in [-0.15, -0.1) is 0 Å². The first-order valence-corrected chi connectivity index (χ1v) is 7.90. The van der Waals surface area contributed by atoms with Crippen molar-refractivity contribution < 1.29 is 18.3 Å². The fourth-order valence-electron chi connectivity index (χ4n) is 2.58. The molecule has 0 fully saturated rings. The number of carbonyl (C=O) groups is 1. The van der Waals surface area contributed by atoms with Crippen LogP contribution in [0.15, 0.2) is 24.4 Å². The van der Waals surface area contributed by atoms with E-state index < -0.39 is 12.2 Å². The van der Waals surface area contributed by atoms with Crippen molar-refractivity contribution in [1.82, 2.24) is 10.3 Å². The summed E-state index contributed by atoms with van der Waals surface area (Å²) in [5.74, 6) is -0.271. The van der Waals surface area contributed by atoms with Crippen molar-refractivity contribution >= 4 is 22.5 Å². The lowest BCUT2D eigenvalue weighted by molar-refractivity contribution is -0.121. The maximum atomic E-state index is 12.5. The number of anilines is 1. The summed E-state index contributed by atoms with van der Waals surface area (Å²) in [6.07, 6.45) is 1.39. The van der Waals surface area contributed by atoms with Gasteiger partial charge in [0.25, 0.3) is 0 Å². The number of hydrogen-bond acceptors (Lipinski definition) is 5. The van der Waals surface area contributed by atoms with Crippen LogP contribution in [0.4, 0.5) is 14.5 Å². The van der Waals surface area contributed by atoms with Crippen LogP contribution in [0.3, 0.4) is 0 Å². The van der Waals surface area contributed by atoms with E-state index in [0.717, 1.165) is 0 Å². The van der Waals surface area contributed by atoms with Gasteiger partial charge in [0.2, 0.25) is 5.91 Å². The number of aromatic nitrogens is 1. The average Bonchev–Trinajstić information content (AvgIpc) is 2.50. The van der Waals surface area contributed by atoms with Gasteiger partial charge in [0, 0.05) is 24.2 Å². The van der Waals surface area contributed by atoms with E-state index in [0.29, 0.717) is 16.6 Å². The normalized spacial score (nSPS) is 11.3. The Morgan fingerprint density at radius 1 is 1.42 bits per heavy atom. The Morgan fingerprint density at radius 2 is 2.12 bits per heavy atom. The molecule has 0 saturated carbocycles. The number of carbonyl (C=O) groups excluding carboxylic acids is 1. The molecule has 0 radical (unpaired) electrons. The number of amides is 1. The number of fused-ring (bicyclic) bond motifs is 1. The topological polar surface area (TPSA) is 78.3 Å². The molecule has 0 unspecified atom stereocenters. The smallest absolute Gasteiger partial charge is 0.387 e. The van der Waals surface area contributed by atoms with Crippen LogP contribution in [-0.4, -0.2) is 36.6 Å². The minimum Gasteiger partial charge on any atom is -0.435 e. The van der Waals surface area contributed by atoms with Crippen LogP contribution in [0.1, 0.15) is 26.3 Å². The third-order valence-electron chi connectivity index (χ3n) is 3.43. The summed E-state index contributed by atoms with van der Waals surface area (Å²) in [6, 6.07) is 6.32. The number of benzene rings is 1. The van der Waals surface area contributed by atoms with Gasteiger partial charge in [-0.2, -0.15) is 14.0 Å². The summed E-state index contributed by atoms with van der Waals surface area (Å²) < 4.78 is 29.4. The molecule has 6 nitrogen and oxygen atoms in total. The van der Waals surface area contributed by atoms with Gasteiger partial charge in [-0.1, -0.05) is 0 Å². The van der Waals surface area contributed by atoms with Crippen molar-refractivity contribution in [2.75, 3.05) is 18.5 Å². The molecule has 2 rings (SSSR count). The standard InChI is InChI=1S/C18H20F2N4O2/c1-18(2,3)23-15(25)10-24(4)16-11(8-21)9-22-14-6-5-12(7-13(14)16)26-17(19)20/h5-7,9,17H,10H2,1-4H3,(H,23,25). The number of likely N-dealkylation sites (N-methyl/N-ethyl adjacent to an activating group) is 1. The second-order valence-electron chi connectivity index (χ2n) is 6.84. The molecule has 0 aliphatic carbocycles. The maximum Gasteiger partial charge on any atom is 0.387 e. The van der Waals surface area contributed by atoms with E-state index in [2.05, 4.69) is 15.0 Å². The van der Waals surface area contributed by atoms with Crippen molar-refractivity contribution in [3.63, 3.8) is 0 Å². The van der Waals surface area contributed by atoms with E-state index in [1.54, 1.807) is 11.9 Å². The first-order valence-electron chi connectivity index (χ1n) is 7.90. The molecule has 0 spiro atoms. The van der Waals surface area contributed by atoms with Gasteiger partial charge in [-0.05, 0) is 39.0 Å². The molecule has 0 bridgehead atoms. The second kappa shape index (κ2) is 7.52. The number of rotatable bonds is 5. The Hall–Kier alpha value is -2.95. The van der Waals surface area contributed by atoms with Gasteiger partial charge in [-0.25, -0.2) is 0 Å². The number of nitrogens with one attached hydrogen (secondary N) is 1. The van der Waals surface area contributed by atoms with Crippen LogP contribution in [0.5, 0.6) is 5.75 Å². The van der Waals surface area contributed by atoms with Gasteiger partial charge in [-0.3, -0.25) is 9.78 Å². The first kappa shape index (κ1) is 19.4. The summed E-state index contributed by atoms with van der Waals surface area (Å²) in [7, 11) is 1.65. The minimum absolute atomic E-state index is 0.00893. The zero-order chi connectivity index (χ0) is 19.5. The Labute approximate surface area is 150 Å². The van der Waals surface area contributed by atoms with Gasteiger partial charge in [0.1, 0.15) is 11.8 Å². The highest BCUT2D eigenvalue weighted by molar-refractivity contribution is 5.96. The first-order chi connectivity index (χ1) is 12.1. The van der Waals surface area contributed by atoms with E-state index in [9.17, 15) is 18.8 Å². The number of nitrogens with zero attached hydrogens (tertiary/aromatic N) is 3. The molecule has 0 atom stereocenters. The van der Waals surface area contributed by atoms with E-state index in [1.165, 1.54) is 24.4 Å².